The van der Waals surface area contributed by atoms with E-state index >= 15 is 0 Å². The van der Waals surface area contributed by atoms with Crippen LogP contribution in [-0.4, -0.2) is 61.7 Å². The molecule has 1 aliphatic rings. The predicted molar refractivity (Wildman–Crippen MR) is 119 cm³/mol. The van der Waals surface area contributed by atoms with Crippen molar-refractivity contribution in [3.05, 3.63) is 59.7 Å². The second-order valence-corrected chi connectivity index (χ2v) is 7.98. The molecule has 2 aromatic rings. The lowest BCUT2D eigenvalue weighted by Crippen LogP contribution is -2.57. The van der Waals surface area contributed by atoms with Gasteiger partial charge >= 0.3 is 18.2 Å². The fraction of sp³-hybridized carbons (Fsp3) is 0.375. The standard InChI is InChI=1S/C24H25F3N2O6/c1-34-12-6-11-19(22(31)32)28-21(30)20(24(25,26)27)29-23(33)35-13-18-16-9-4-2-7-14(16)15-8-3-5-10-17(15)18/h2-5,7-10,18-20H,6,11-13H2,1H3,(H,28,30)(H,29,33)(H,31,32). The summed E-state index contributed by atoms with van der Waals surface area (Å²) in [4.78, 5) is 35.9. The lowest BCUT2D eigenvalue weighted by Gasteiger charge is -2.23. The Morgan fingerprint density at radius 3 is 2.09 bits per heavy atom. The maximum absolute atomic E-state index is 13.5. The Bertz CT molecular complexity index is 1030. The molecule has 35 heavy (non-hydrogen) atoms. The Morgan fingerprint density at radius 2 is 1.57 bits per heavy atom. The number of alkyl carbamates (subject to hydrolysis) is 1. The molecule has 2 atom stereocenters. The quantitative estimate of drug-likeness (QED) is 0.436. The fourth-order valence-corrected chi connectivity index (χ4v) is 4.00. The van der Waals surface area contributed by atoms with Gasteiger partial charge in [-0.3, -0.25) is 4.79 Å². The molecule has 0 spiro atoms. The Labute approximate surface area is 199 Å². The second-order valence-electron chi connectivity index (χ2n) is 7.98. The van der Waals surface area contributed by atoms with Crippen LogP contribution in [0.3, 0.4) is 0 Å². The highest BCUT2D eigenvalue weighted by atomic mass is 19.4. The monoisotopic (exact) mass is 494 g/mol. The molecule has 0 radical (unpaired) electrons. The van der Waals surface area contributed by atoms with E-state index in [0.29, 0.717) is 0 Å². The van der Waals surface area contributed by atoms with Crippen LogP contribution in [0.1, 0.15) is 29.9 Å². The molecular formula is C24H25F3N2O6. The van der Waals surface area contributed by atoms with E-state index < -0.39 is 36.2 Å². The number of carbonyl (C=O) groups excluding carboxylic acids is 2. The molecule has 2 amide bonds. The summed E-state index contributed by atoms with van der Waals surface area (Å²) < 4.78 is 50.4. The normalized spacial score (nSPS) is 14.4. The first-order chi connectivity index (χ1) is 16.6. The molecule has 2 unspecified atom stereocenters. The summed E-state index contributed by atoms with van der Waals surface area (Å²) in [6.45, 7) is -0.0822. The van der Waals surface area contributed by atoms with Gasteiger partial charge in [-0.2, -0.15) is 13.2 Å². The molecule has 0 aliphatic heterocycles. The smallest absolute Gasteiger partial charge is 0.417 e. The molecular weight excluding hydrogens is 469 g/mol. The summed E-state index contributed by atoms with van der Waals surface area (Å²) in [5.41, 5.74) is 3.62. The summed E-state index contributed by atoms with van der Waals surface area (Å²) in [5.74, 6) is -3.59. The van der Waals surface area contributed by atoms with Crippen molar-refractivity contribution in [2.24, 2.45) is 0 Å². The number of amides is 2. The van der Waals surface area contributed by atoms with E-state index in [-0.39, 0.29) is 32.0 Å². The number of alkyl halides is 3. The molecule has 0 fully saturated rings. The number of ether oxygens (including phenoxy) is 2. The number of halogens is 3. The van der Waals surface area contributed by atoms with Crippen molar-refractivity contribution in [2.75, 3.05) is 20.3 Å². The third-order valence-electron chi connectivity index (χ3n) is 5.65. The van der Waals surface area contributed by atoms with E-state index in [1.165, 1.54) is 12.4 Å². The fourth-order valence-electron chi connectivity index (χ4n) is 4.00. The lowest BCUT2D eigenvalue weighted by molar-refractivity contribution is -0.169. The molecule has 8 nitrogen and oxygen atoms in total. The van der Waals surface area contributed by atoms with Gasteiger partial charge in [0.25, 0.3) is 5.91 Å². The highest BCUT2D eigenvalue weighted by Crippen LogP contribution is 2.44. The van der Waals surface area contributed by atoms with Gasteiger partial charge in [-0.05, 0) is 35.1 Å². The zero-order valence-electron chi connectivity index (χ0n) is 18.8. The molecule has 0 heterocycles. The molecule has 0 aromatic heterocycles. The maximum Gasteiger partial charge on any atom is 0.417 e. The van der Waals surface area contributed by atoms with Crippen LogP contribution in [0.5, 0.6) is 0 Å². The van der Waals surface area contributed by atoms with Crippen LogP contribution < -0.4 is 10.6 Å². The zero-order chi connectivity index (χ0) is 25.6. The minimum atomic E-state index is -5.18. The largest absolute Gasteiger partial charge is 0.480 e. The van der Waals surface area contributed by atoms with Crippen LogP contribution in [0.25, 0.3) is 11.1 Å². The topological polar surface area (TPSA) is 114 Å². The maximum atomic E-state index is 13.5. The Kier molecular flexibility index (Phi) is 8.34. The Morgan fingerprint density at radius 1 is 1.00 bits per heavy atom. The number of aliphatic carboxylic acids is 1. The second kappa shape index (κ2) is 11.2. The van der Waals surface area contributed by atoms with Gasteiger partial charge in [0.2, 0.25) is 6.04 Å². The van der Waals surface area contributed by atoms with Gasteiger partial charge < -0.3 is 25.2 Å². The van der Waals surface area contributed by atoms with Crippen molar-refractivity contribution in [2.45, 2.75) is 37.0 Å². The number of hydrogen-bond acceptors (Lipinski definition) is 5. The first-order valence-electron chi connectivity index (χ1n) is 10.8. The van der Waals surface area contributed by atoms with E-state index in [4.69, 9.17) is 9.47 Å². The van der Waals surface area contributed by atoms with Crippen LogP contribution in [0.15, 0.2) is 48.5 Å². The number of hydrogen-bond donors (Lipinski definition) is 3. The number of methoxy groups -OCH3 is 1. The third-order valence-corrected chi connectivity index (χ3v) is 5.65. The van der Waals surface area contributed by atoms with E-state index in [1.807, 2.05) is 53.8 Å². The van der Waals surface area contributed by atoms with Gasteiger partial charge in [0.05, 0.1) is 0 Å². The molecule has 188 valence electrons. The van der Waals surface area contributed by atoms with E-state index in [1.54, 1.807) is 0 Å². The van der Waals surface area contributed by atoms with E-state index in [0.717, 1.165) is 22.3 Å². The van der Waals surface area contributed by atoms with Crippen LogP contribution in [0.4, 0.5) is 18.0 Å². The van der Waals surface area contributed by atoms with Crippen LogP contribution >= 0.6 is 0 Å². The SMILES string of the molecule is COCCCC(NC(=O)C(NC(=O)OCC1c2ccccc2-c2ccccc21)C(F)(F)F)C(=O)O. The highest BCUT2D eigenvalue weighted by Gasteiger charge is 2.47. The molecule has 0 saturated carbocycles. The molecule has 1 aliphatic carbocycles. The van der Waals surface area contributed by atoms with Crippen molar-refractivity contribution < 1.29 is 42.1 Å². The Balaban J connectivity index is 1.66. The summed E-state index contributed by atoms with van der Waals surface area (Å²) in [5, 5.41) is 12.6. The van der Waals surface area contributed by atoms with Crippen molar-refractivity contribution in [3.63, 3.8) is 0 Å². The molecule has 2 aromatic carbocycles. The number of carboxylic acid groups (broad SMARTS) is 1. The van der Waals surface area contributed by atoms with Crippen molar-refractivity contribution in [3.8, 4) is 11.1 Å². The number of carboxylic acids is 1. The molecule has 3 N–H and O–H groups in total. The number of benzene rings is 2. The number of carbonyl (C=O) groups is 3. The molecule has 0 saturated heterocycles. The summed E-state index contributed by atoms with van der Waals surface area (Å²) in [6, 6.07) is 10.3. The van der Waals surface area contributed by atoms with E-state index in [9.17, 15) is 32.7 Å². The zero-order valence-corrected chi connectivity index (χ0v) is 18.8. The van der Waals surface area contributed by atoms with Gasteiger partial charge in [-0.25, -0.2) is 9.59 Å². The molecule has 3 rings (SSSR count). The average molecular weight is 494 g/mol. The van der Waals surface area contributed by atoms with Crippen molar-refractivity contribution in [1.82, 2.24) is 10.6 Å². The van der Waals surface area contributed by atoms with Gasteiger partial charge in [0, 0.05) is 19.6 Å². The van der Waals surface area contributed by atoms with Gasteiger partial charge in [0.15, 0.2) is 0 Å². The van der Waals surface area contributed by atoms with Crippen LogP contribution in [-0.2, 0) is 19.1 Å². The molecule has 11 heteroatoms. The minimum absolute atomic E-state index is 0.148. The van der Waals surface area contributed by atoms with Crippen molar-refractivity contribution >= 4 is 18.0 Å². The first kappa shape index (κ1) is 26.0. The average Bonchev–Trinajstić information content (AvgIpc) is 3.13. The molecule has 0 bridgehead atoms. The number of fused-ring (bicyclic) bond motifs is 3. The lowest BCUT2D eigenvalue weighted by atomic mass is 9.98. The summed E-state index contributed by atoms with van der Waals surface area (Å²) >= 11 is 0. The number of rotatable bonds is 10. The predicted octanol–water partition coefficient (Wildman–Crippen LogP) is 3.45. The van der Waals surface area contributed by atoms with Crippen LogP contribution in [0.2, 0.25) is 0 Å². The Hall–Kier alpha value is -3.60. The van der Waals surface area contributed by atoms with E-state index in [2.05, 4.69) is 0 Å². The van der Waals surface area contributed by atoms with Gasteiger partial charge in [-0.1, -0.05) is 48.5 Å². The van der Waals surface area contributed by atoms with Gasteiger partial charge in [-0.15, -0.1) is 0 Å². The van der Waals surface area contributed by atoms with Crippen LogP contribution in [0, 0.1) is 0 Å². The summed E-state index contributed by atoms with van der Waals surface area (Å²) in [6.07, 6.45) is -6.57. The third kappa shape index (κ3) is 6.30. The highest BCUT2D eigenvalue weighted by molar-refractivity contribution is 5.90. The van der Waals surface area contributed by atoms with Crippen molar-refractivity contribution in [1.29, 1.82) is 0 Å². The number of nitrogens with one attached hydrogen (secondary N) is 2. The minimum Gasteiger partial charge on any atom is -0.480 e. The first-order valence-corrected chi connectivity index (χ1v) is 10.8. The van der Waals surface area contributed by atoms with Gasteiger partial charge in [0.1, 0.15) is 12.6 Å². The summed E-state index contributed by atoms with van der Waals surface area (Å²) in [7, 11) is 1.38.